The Morgan fingerprint density at radius 1 is 1.13 bits per heavy atom. The van der Waals surface area contributed by atoms with Crippen molar-refractivity contribution in [3.63, 3.8) is 0 Å². The zero-order valence-electron chi connectivity index (χ0n) is 16.7. The largest absolute Gasteiger partial charge is 0.507 e. The summed E-state index contributed by atoms with van der Waals surface area (Å²) in [5.41, 5.74) is 20.6. The molecule has 0 aromatic heterocycles. The number of nitrogens with two attached hydrogens (primary N) is 3. The van der Waals surface area contributed by atoms with E-state index in [1.807, 2.05) is 11.8 Å². The summed E-state index contributed by atoms with van der Waals surface area (Å²) < 4.78 is 5.96. The monoisotopic (exact) mass is 410 g/mol. The number of phenols is 1. The van der Waals surface area contributed by atoms with Gasteiger partial charge in [0.25, 0.3) is 0 Å². The van der Waals surface area contributed by atoms with E-state index in [9.17, 15) is 9.90 Å². The molecule has 8 nitrogen and oxygen atoms in total. The maximum Gasteiger partial charge on any atom is 0.335 e. The molecule has 8 N–H and O–H groups in total. The third-order valence-electron chi connectivity index (χ3n) is 5.08. The lowest BCUT2D eigenvalue weighted by Crippen LogP contribution is -2.45. The number of carboxylic acid groups (broad SMARTS) is 1. The smallest absolute Gasteiger partial charge is 0.335 e. The first-order chi connectivity index (χ1) is 14.3. The van der Waals surface area contributed by atoms with Crippen molar-refractivity contribution >= 4 is 11.7 Å². The predicted octanol–water partition coefficient (Wildman–Crippen LogP) is 1.94. The van der Waals surface area contributed by atoms with Crippen LogP contribution in [0.3, 0.4) is 0 Å². The first-order valence-corrected chi connectivity index (χ1v) is 9.50. The van der Waals surface area contributed by atoms with Crippen LogP contribution < -0.4 is 17.2 Å². The molecule has 0 spiro atoms. The van der Waals surface area contributed by atoms with Crippen LogP contribution in [0.15, 0.2) is 66.1 Å². The maximum absolute atomic E-state index is 11.1. The van der Waals surface area contributed by atoms with Gasteiger partial charge in [-0.15, -0.1) is 0 Å². The lowest BCUT2D eigenvalue weighted by Gasteiger charge is -2.40. The molecule has 0 unspecified atom stereocenters. The molecule has 0 amide bonds. The van der Waals surface area contributed by atoms with E-state index in [1.165, 1.54) is 0 Å². The fourth-order valence-electron chi connectivity index (χ4n) is 3.41. The van der Waals surface area contributed by atoms with Crippen LogP contribution in [0.1, 0.15) is 34.5 Å². The van der Waals surface area contributed by atoms with Gasteiger partial charge in [-0.3, -0.25) is 0 Å². The Balaban J connectivity index is 1.88. The summed E-state index contributed by atoms with van der Waals surface area (Å²) in [5, 5.41) is 19.2. The first kappa shape index (κ1) is 21.1. The number of aromatic hydroxyl groups is 1. The molecule has 8 heteroatoms. The number of phenolic OH excluding ortho intramolecular Hbond substituents is 1. The summed E-state index contributed by atoms with van der Waals surface area (Å²) in [5.74, 6) is -0.818. The quantitative estimate of drug-likeness (QED) is 0.470. The van der Waals surface area contributed by atoms with Gasteiger partial charge in [0.1, 0.15) is 17.7 Å². The van der Waals surface area contributed by atoms with E-state index in [1.54, 1.807) is 54.6 Å². The van der Waals surface area contributed by atoms with Gasteiger partial charge in [0.15, 0.2) is 0 Å². The summed E-state index contributed by atoms with van der Waals surface area (Å²) in [6, 6.07) is 13.3. The molecule has 1 fully saturated rings. The molecule has 158 valence electrons. The van der Waals surface area contributed by atoms with E-state index in [0.29, 0.717) is 30.1 Å². The van der Waals surface area contributed by atoms with Gasteiger partial charge in [-0.1, -0.05) is 24.3 Å². The number of hydrogen-bond donors (Lipinski definition) is 5. The minimum atomic E-state index is -0.979. The van der Waals surface area contributed by atoms with Gasteiger partial charge < -0.3 is 37.1 Å². The molecule has 2 atom stereocenters. The Morgan fingerprint density at radius 3 is 2.40 bits per heavy atom. The van der Waals surface area contributed by atoms with Crippen molar-refractivity contribution in [1.82, 2.24) is 4.90 Å². The van der Waals surface area contributed by atoms with Crippen molar-refractivity contribution < 1.29 is 19.7 Å². The highest BCUT2D eigenvalue weighted by atomic mass is 16.5. The number of carboxylic acids is 1. The topological polar surface area (TPSA) is 148 Å². The van der Waals surface area contributed by atoms with Crippen molar-refractivity contribution in [3.8, 4) is 5.75 Å². The zero-order valence-corrected chi connectivity index (χ0v) is 16.7. The van der Waals surface area contributed by atoms with Crippen LogP contribution in [0.2, 0.25) is 0 Å². The number of para-hydroxylation sites is 1. The lowest BCUT2D eigenvalue weighted by molar-refractivity contribution is -0.0457. The number of ether oxygens (including phenoxy) is 1. The number of rotatable bonds is 5. The molecule has 30 heavy (non-hydrogen) atoms. The molecule has 1 aliphatic heterocycles. The molecule has 1 saturated heterocycles. The number of benzene rings is 2. The highest BCUT2D eigenvalue weighted by Gasteiger charge is 2.29. The standard InChI is InChI=1S/C22H26N4O4/c1-13-12-30-20(14-6-8-15(9-7-14)22(28)29)11-26(13)18(21(24)25)10-17(23)16-4-2-3-5-19(16)27/h2-10,13,20,27H,11-12,23-25H2,1H3,(H,28,29)/b17-10-/t13-,20+/m0/s1. The fourth-order valence-corrected chi connectivity index (χ4v) is 3.41. The lowest BCUT2D eigenvalue weighted by atomic mass is 10.0. The molecule has 0 bridgehead atoms. The molecule has 0 saturated carbocycles. The van der Waals surface area contributed by atoms with Crippen molar-refractivity contribution in [3.05, 3.63) is 82.8 Å². The molecular weight excluding hydrogens is 384 g/mol. The minimum absolute atomic E-state index is 0.0231. The Morgan fingerprint density at radius 2 is 1.80 bits per heavy atom. The molecule has 1 heterocycles. The Bertz CT molecular complexity index is 981. The van der Waals surface area contributed by atoms with Crippen LogP contribution in [0.4, 0.5) is 0 Å². The fraction of sp³-hybridized carbons (Fsp3) is 0.227. The third-order valence-corrected chi connectivity index (χ3v) is 5.08. The van der Waals surface area contributed by atoms with Gasteiger partial charge in [-0.05, 0) is 42.8 Å². The number of morpholine rings is 1. The van der Waals surface area contributed by atoms with Crippen LogP contribution in [0.25, 0.3) is 5.70 Å². The molecule has 0 radical (unpaired) electrons. The summed E-state index contributed by atoms with van der Waals surface area (Å²) in [6.07, 6.45) is 1.36. The Hall–Kier alpha value is -3.65. The van der Waals surface area contributed by atoms with E-state index in [2.05, 4.69) is 0 Å². The van der Waals surface area contributed by atoms with Gasteiger partial charge in [0.2, 0.25) is 0 Å². The molecule has 0 aliphatic carbocycles. The Labute approximate surface area is 174 Å². The third kappa shape index (κ3) is 4.49. The number of aromatic carboxylic acids is 1. The van der Waals surface area contributed by atoms with Crippen LogP contribution in [-0.2, 0) is 4.74 Å². The van der Waals surface area contributed by atoms with Gasteiger partial charge in [-0.25, -0.2) is 4.79 Å². The molecule has 1 aliphatic rings. The summed E-state index contributed by atoms with van der Waals surface area (Å²) in [7, 11) is 0. The minimum Gasteiger partial charge on any atom is -0.507 e. The van der Waals surface area contributed by atoms with Crippen molar-refractivity contribution in [1.29, 1.82) is 0 Å². The van der Waals surface area contributed by atoms with E-state index in [4.69, 9.17) is 27.0 Å². The second kappa shape index (κ2) is 8.79. The average molecular weight is 410 g/mol. The van der Waals surface area contributed by atoms with Gasteiger partial charge in [0.05, 0.1) is 17.9 Å². The van der Waals surface area contributed by atoms with Gasteiger partial charge >= 0.3 is 5.97 Å². The van der Waals surface area contributed by atoms with Crippen LogP contribution in [0, 0.1) is 0 Å². The second-order valence-electron chi connectivity index (χ2n) is 7.21. The SMILES string of the molecule is C[C@H]1CO[C@@H](c2ccc(C(=O)O)cc2)CN1C(/C=C(\N)c1ccccc1O)=C(N)N. The molecule has 3 rings (SSSR count). The van der Waals surface area contributed by atoms with E-state index >= 15 is 0 Å². The number of hydrogen-bond acceptors (Lipinski definition) is 7. The first-order valence-electron chi connectivity index (χ1n) is 9.50. The maximum atomic E-state index is 11.1. The van der Waals surface area contributed by atoms with E-state index in [0.717, 1.165) is 5.56 Å². The van der Waals surface area contributed by atoms with Crippen molar-refractivity contribution in [2.75, 3.05) is 13.2 Å². The normalized spacial score (nSPS) is 19.4. The number of nitrogens with zero attached hydrogens (tertiary/aromatic N) is 1. The average Bonchev–Trinajstić information content (AvgIpc) is 2.72. The van der Waals surface area contributed by atoms with E-state index < -0.39 is 5.97 Å². The predicted molar refractivity (Wildman–Crippen MR) is 114 cm³/mol. The highest BCUT2D eigenvalue weighted by molar-refractivity contribution is 5.87. The second-order valence-corrected chi connectivity index (χ2v) is 7.21. The highest BCUT2D eigenvalue weighted by Crippen LogP contribution is 2.30. The van der Waals surface area contributed by atoms with Crippen LogP contribution in [-0.4, -0.2) is 40.3 Å². The van der Waals surface area contributed by atoms with Crippen LogP contribution >= 0.6 is 0 Å². The summed E-state index contributed by atoms with van der Waals surface area (Å²) >= 11 is 0. The molecule has 2 aromatic rings. The van der Waals surface area contributed by atoms with E-state index in [-0.39, 0.29) is 29.3 Å². The molecular formula is C22H26N4O4. The summed E-state index contributed by atoms with van der Waals surface area (Å²) in [6.45, 7) is 2.86. The van der Waals surface area contributed by atoms with Gasteiger partial charge in [-0.2, -0.15) is 0 Å². The number of allylic oxidation sites excluding steroid dienone is 1. The zero-order chi connectivity index (χ0) is 21.8. The van der Waals surface area contributed by atoms with Crippen molar-refractivity contribution in [2.45, 2.75) is 19.1 Å². The van der Waals surface area contributed by atoms with Gasteiger partial charge in [0, 0.05) is 23.8 Å². The Kier molecular flexibility index (Phi) is 6.17. The summed E-state index contributed by atoms with van der Waals surface area (Å²) in [4.78, 5) is 13.1. The number of carbonyl (C=O) groups is 1. The molecule has 2 aromatic carbocycles. The van der Waals surface area contributed by atoms with Crippen molar-refractivity contribution in [2.24, 2.45) is 17.2 Å². The van der Waals surface area contributed by atoms with Crippen LogP contribution in [0.5, 0.6) is 5.75 Å².